The first-order valence-electron chi connectivity index (χ1n) is 24.5. The quantitative estimate of drug-likeness (QED) is 0.0264. The summed E-state index contributed by atoms with van der Waals surface area (Å²) >= 11 is 0. The van der Waals surface area contributed by atoms with Crippen LogP contribution in [0.2, 0.25) is 0 Å². The Morgan fingerprint density at radius 1 is 0.444 bits per heavy atom. The van der Waals surface area contributed by atoms with Crippen LogP contribution < -0.4 is 21.3 Å². The Balaban J connectivity index is 1.76. The molecule has 0 aliphatic heterocycles. The van der Waals surface area contributed by atoms with Crippen molar-refractivity contribution in [2.45, 2.75) is 158 Å². The molecule has 0 radical (unpaired) electrons. The summed E-state index contributed by atoms with van der Waals surface area (Å²) in [6, 6.07) is -0.452. The number of hydrogen-bond donors (Lipinski definition) is 4. The Kier molecular flexibility index (Phi) is 24.8. The van der Waals surface area contributed by atoms with Crippen molar-refractivity contribution in [3.05, 3.63) is 48.6 Å². The molecule has 0 bridgehead atoms. The van der Waals surface area contributed by atoms with Gasteiger partial charge < -0.3 is 59.2 Å². The van der Waals surface area contributed by atoms with Gasteiger partial charge in [-0.3, -0.25) is 0 Å². The van der Waals surface area contributed by atoms with Crippen LogP contribution in [0, 0.1) is 21.7 Å². The van der Waals surface area contributed by atoms with E-state index in [1.807, 2.05) is 13.8 Å². The zero-order valence-electron chi connectivity index (χ0n) is 44.4. The number of ether oxygens (including phenoxy) is 8. The molecule has 2 rings (SSSR count). The van der Waals surface area contributed by atoms with Crippen LogP contribution in [0.3, 0.4) is 0 Å². The van der Waals surface area contributed by atoms with Crippen molar-refractivity contribution < 1.29 is 76.3 Å². The van der Waals surface area contributed by atoms with Crippen LogP contribution in [0.25, 0.3) is 0 Å². The fraction of sp³-hybridized carbons (Fsp3) is 0.692. The van der Waals surface area contributed by atoms with Gasteiger partial charge in [0.1, 0.15) is 26.4 Å². The first kappa shape index (κ1) is 62.0. The van der Waals surface area contributed by atoms with Gasteiger partial charge in [-0.2, -0.15) is 0 Å². The van der Waals surface area contributed by atoms with E-state index in [9.17, 15) is 38.4 Å². The van der Waals surface area contributed by atoms with E-state index in [1.54, 1.807) is 0 Å². The molecule has 72 heavy (non-hydrogen) atoms. The predicted octanol–water partition coefficient (Wildman–Crippen LogP) is 7.84. The molecule has 4 atom stereocenters. The lowest BCUT2D eigenvalue weighted by atomic mass is 9.62. The molecule has 0 saturated heterocycles. The maximum Gasteiger partial charge on any atom is 0.407 e. The van der Waals surface area contributed by atoms with Crippen molar-refractivity contribution >= 4 is 48.3 Å². The predicted molar refractivity (Wildman–Crippen MR) is 266 cm³/mol. The number of alkyl carbamates (subject to hydrolysis) is 4. The molecule has 4 unspecified atom stereocenters. The zero-order valence-corrected chi connectivity index (χ0v) is 44.4. The maximum atomic E-state index is 12.9. The average Bonchev–Trinajstić information content (AvgIpc) is 3.25. The van der Waals surface area contributed by atoms with Gasteiger partial charge in [-0.15, -0.1) is 0 Å². The second-order valence-electron chi connectivity index (χ2n) is 21.8. The molecule has 0 aromatic rings. The molecule has 2 aliphatic carbocycles. The van der Waals surface area contributed by atoms with Gasteiger partial charge in [-0.25, -0.2) is 38.4 Å². The van der Waals surface area contributed by atoms with Crippen LogP contribution in [0.5, 0.6) is 0 Å². The fourth-order valence-corrected chi connectivity index (χ4v) is 9.40. The molecule has 2 fully saturated rings. The normalized spacial score (nSPS) is 20.8. The Hall–Kier alpha value is -6.08. The van der Waals surface area contributed by atoms with Gasteiger partial charge in [0.05, 0.1) is 13.2 Å². The molecule has 0 heterocycles. The van der Waals surface area contributed by atoms with E-state index in [0.29, 0.717) is 38.5 Å². The SMILES string of the molecule is C=C(C)C(=O)OCC(COC(=O)C(=C)C)OC(=O)NCC1(C)CC(NC(=O)OCCCCCCOC(=O)NC2CC(C)(C)CC(C)(CNC(=O)OC(COC(=O)C(=C)C)COC(=O)C(=C)C)C2)CC(C)(C)C1. The molecule has 4 N–H and O–H groups in total. The van der Waals surface area contributed by atoms with Crippen molar-refractivity contribution in [3.8, 4) is 0 Å². The summed E-state index contributed by atoms with van der Waals surface area (Å²) in [5, 5.41) is 11.6. The van der Waals surface area contributed by atoms with Gasteiger partial charge in [0, 0.05) is 47.5 Å². The standard InChI is InChI=1S/C52H82N4O16/c1-33(2)41(57)67-25-39(26-68-42(58)34(3)4)71-45(61)53-31-51(13)23-37(21-49(9,10)29-51)55-47(63)65-19-17-15-16-18-20-66-48(64)56-38-22-50(11,12)30-52(14,24-38)32-54-46(62)72-40(27-69-43(59)35(5)6)28-70-44(60)36(7)8/h37-40H,1,3,5,7,15-32H2,2,4,6,8-14H3,(H,53,61)(H,54,62)(H,55,63)(H,56,64). The number of esters is 4. The van der Waals surface area contributed by atoms with Crippen LogP contribution in [0.15, 0.2) is 48.6 Å². The number of rotatable bonds is 27. The van der Waals surface area contributed by atoms with Crippen LogP contribution in [0.1, 0.15) is 133 Å². The lowest BCUT2D eigenvalue weighted by molar-refractivity contribution is -0.149. The van der Waals surface area contributed by atoms with Crippen LogP contribution >= 0.6 is 0 Å². The highest BCUT2D eigenvalue weighted by Crippen LogP contribution is 2.47. The van der Waals surface area contributed by atoms with E-state index in [4.69, 9.17) is 37.9 Å². The van der Waals surface area contributed by atoms with E-state index < -0.39 is 71.3 Å². The van der Waals surface area contributed by atoms with E-state index in [1.165, 1.54) is 27.7 Å². The van der Waals surface area contributed by atoms with Crippen molar-refractivity contribution in [1.82, 2.24) is 21.3 Å². The van der Waals surface area contributed by atoms with E-state index >= 15 is 0 Å². The van der Waals surface area contributed by atoms with Crippen LogP contribution in [-0.2, 0) is 57.1 Å². The highest BCUT2D eigenvalue weighted by Gasteiger charge is 2.44. The molecule has 2 aliphatic rings. The van der Waals surface area contributed by atoms with Crippen molar-refractivity contribution in [2.24, 2.45) is 21.7 Å². The summed E-state index contributed by atoms with van der Waals surface area (Å²) in [6.45, 7) is 31.8. The Labute approximate surface area is 425 Å². The number of unbranched alkanes of at least 4 members (excludes halogenated alkanes) is 3. The molecule has 0 aromatic heterocycles. The smallest absolute Gasteiger partial charge is 0.407 e. The van der Waals surface area contributed by atoms with E-state index in [-0.39, 0.29) is 97.9 Å². The number of carbonyl (C=O) groups excluding carboxylic acids is 8. The number of carbonyl (C=O) groups is 8. The molecule has 2 saturated carbocycles. The minimum atomic E-state index is -1.08. The molecule has 0 spiro atoms. The summed E-state index contributed by atoms with van der Waals surface area (Å²) < 4.78 is 42.5. The van der Waals surface area contributed by atoms with E-state index in [0.717, 1.165) is 25.7 Å². The third-order valence-corrected chi connectivity index (χ3v) is 11.9. The Morgan fingerprint density at radius 3 is 1.01 bits per heavy atom. The second kappa shape index (κ2) is 28.8. The van der Waals surface area contributed by atoms with E-state index in [2.05, 4.69) is 75.3 Å². The summed E-state index contributed by atoms with van der Waals surface area (Å²) in [4.78, 5) is 99.4. The summed E-state index contributed by atoms with van der Waals surface area (Å²) in [6.07, 6.45) is 1.89. The first-order valence-corrected chi connectivity index (χ1v) is 24.5. The number of hydrogen-bond acceptors (Lipinski definition) is 16. The largest absolute Gasteiger partial charge is 0.458 e. The van der Waals surface area contributed by atoms with Gasteiger partial charge in [-0.1, -0.05) is 67.9 Å². The number of amides is 4. The van der Waals surface area contributed by atoms with Gasteiger partial charge in [-0.05, 0) is 114 Å². The molecule has 20 nitrogen and oxygen atoms in total. The fourth-order valence-electron chi connectivity index (χ4n) is 9.40. The highest BCUT2D eigenvalue weighted by molar-refractivity contribution is 5.88. The second-order valence-corrected chi connectivity index (χ2v) is 21.8. The lowest BCUT2D eigenvalue weighted by Crippen LogP contribution is -2.50. The van der Waals surface area contributed by atoms with Crippen molar-refractivity contribution in [3.63, 3.8) is 0 Å². The third-order valence-electron chi connectivity index (χ3n) is 11.9. The monoisotopic (exact) mass is 1020 g/mol. The topological polar surface area (TPSA) is 259 Å². The lowest BCUT2D eigenvalue weighted by Gasteiger charge is -2.46. The third kappa shape index (κ3) is 24.8. The molecule has 20 heteroatoms. The zero-order chi connectivity index (χ0) is 54.5. The molecule has 4 amide bonds. The maximum absolute atomic E-state index is 12.9. The summed E-state index contributed by atoms with van der Waals surface area (Å²) in [5.41, 5.74) is -0.607. The van der Waals surface area contributed by atoms with Gasteiger partial charge in [0.2, 0.25) is 0 Å². The minimum absolute atomic E-state index is 0.155. The molecule has 0 aromatic carbocycles. The highest BCUT2D eigenvalue weighted by atomic mass is 16.6. The van der Waals surface area contributed by atoms with Gasteiger partial charge in [0.25, 0.3) is 0 Å². The van der Waals surface area contributed by atoms with Crippen LogP contribution in [0.4, 0.5) is 19.2 Å². The average molecular weight is 1020 g/mol. The van der Waals surface area contributed by atoms with Crippen molar-refractivity contribution in [2.75, 3.05) is 52.7 Å². The molecular weight excluding hydrogens is 937 g/mol. The minimum Gasteiger partial charge on any atom is -0.458 e. The Bertz CT molecular complexity index is 1780. The summed E-state index contributed by atoms with van der Waals surface area (Å²) in [7, 11) is 0. The van der Waals surface area contributed by atoms with Crippen molar-refractivity contribution in [1.29, 1.82) is 0 Å². The van der Waals surface area contributed by atoms with Crippen LogP contribution in [-0.4, -0.2) is 125 Å². The van der Waals surface area contributed by atoms with Gasteiger partial charge in [0.15, 0.2) is 12.2 Å². The first-order chi connectivity index (χ1) is 33.4. The van der Waals surface area contributed by atoms with Gasteiger partial charge >= 0.3 is 48.3 Å². The number of nitrogens with one attached hydrogen (secondary N) is 4. The molecular formula is C52H82N4O16. The Morgan fingerprint density at radius 2 is 0.736 bits per heavy atom. The summed E-state index contributed by atoms with van der Waals surface area (Å²) in [5.74, 6) is -2.74. The molecule has 406 valence electrons.